The van der Waals surface area contributed by atoms with Crippen LogP contribution < -0.4 is 5.73 Å². The highest BCUT2D eigenvalue weighted by molar-refractivity contribution is 7.99. The van der Waals surface area contributed by atoms with Gasteiger partial charge in [0.1, 0.15) is 29.9 Å². The van der Waals surface area contributed by atoms with Gasteiger partial charge in [-0.1, -0.05) is 0 Å². The van der Waals surface area contributed by atoms with E-state index < -0.39 is 42.0 Å². The number of aliphatic hydroxyl groups excluding tert-OH is 4. The summed E-state index contributed by atoms with van der Waals surface area (Å²) in [5, 5.41) is 38.2. The van der Waals surface area contributed by atoms with E-state index in [1.54, 1.807) is 6.26 Å². The number of hydrogen-bond donors (Lipinski definition) is 5. The van der Waals surface area contributed by atoms with E-state index in [0.29, 0.717) is 0 Å². The van der Waals surface area contributed by atoms with E-state index in [1.165, 1.54) is 18.7 Å². The number of nitrogens with two attached hydrogens (primary N) is 1. The lowest BCUT2D eigenvalue weighted by molar-refractivity contribution is -0.207. The molecule has 1 saturated heterocycles. The van der Waals surface area contributed by atoms with Crippen LogP contribution >= 0.6 is 11.8 Å². The van der Waals surface area contributed by atoms with E-state index in [-0.39, 0.29) is 0 Å². The quantitative estimate of drug-likeness (QED) is 0.390. The second kappa shape index (κ2) is 5.63. The van der Waals surface area contributed by atoms with Crippen molar-refractivity contribution < 1.29 is 25.2 Å². The van der Waals surface area contributed by atoms with Crippen LogP contribution in [0.25, 0.3) is 0 Å². The minimum atomic E-state index is -1.32. The molecule has 0 saturated carbocycles. The lowest BCUT2D eigenvalue weighted by atomic mass is 9.93. The summed E-state index contributed by atoms with van der Waals surface area (Å²) >= 11 is 1.21. The van der Waals surface area contributed by atoms with Crippen molar-refractivity contribution in [2.75, 3.05) is 6.26 Å². The lowest BCUT2D eigenvalue weighted by Gasteiger charge is -2.42. The maximum absolute atomic E-state index is 9.71. The van der Waals surface area contributed by atoms with Gasteiger partial charge in [-0.3, -0.25) is 0 Å². The molecule has 0 aromatic heterocycles. The lowest BCUT2D eigenvalue weighted by Crippen LogP contribution is -2.63. The van der Waals surface area contributed by atoms with E-state index in [1.807, 2.05) is 0 Å². The Balaban J connectivity index is 2.78. The van der Waals surface area contributed by atoms with Crippen LogP contribution in [0.15, 0.2) is 0 Å². The van der Waals surface area contributed by atoms with Gasteiger partial charge in [-0.25, -0.2) is 0 Å². The smallest absolute Gasteiger partial charge is 0.132 e. The summed E-state index contributed by atoms with van der Waals surface area (Å²) in [5.74, 6) is 0. The van der Waals surface area contributed by atoms with Crippen LogP contribution in [0.2, 0.25) is 0 Å². The van der Waals surface area contributed by atoms with Crippen LogP contribution in [0.4, 0.5) is 0 Å². The fourth-order valence-corrected chi connectivity index (χ4v) is 2.34. The van der Waals surface area contributed by atoms with Gasteiger partial charge >= 0.3 is 0 Å². The van der Waals surface area contributed by atoms with E-state index >= 15 is 0 Å². The molecule has 1 heterocycles. The molecule has 0 bridgehead atoms. The van der Waals surface area contributed by atoms with E-state index in [9.17, 15) is 20.4 Å². The zero-order chi connectivity index (χ0) is 12.5. The monoisotopic (exact) mass is 253 g/mol. The molecule has 16 heavy (non-hydrogen) atoms. The topological polar surface area (TPSA) is 116 Å². The molecule has 1 rings (SSSR count). The fourth-order valence-electron chi connectivity index (χ4n) is 1.66. The van der Waals surface area contributed by atoms with Gasteiger partial charge in [-0.2, -0.15) is 0 Å². The maximum Gasteiger partial charge on any atom is 0.132 e. The van der Waals surface area contributed by atoms with Crippen molar-refractivity contribution >= 4 is 11.8 Å². The second-order valence-corrected chi connectivity index (χ2v) is 4.93. The molecule has 0 radical (unpaired) electrons. The molecule has 2 unspecified atom stereocenters. The highest BCUT2D eigenvalue weighted by Gasteiger charge is 2.46. The highest BCUT2D eigenvalue weighted by Crippen LogP contribution is 2.28. The first kappa shape index (κ1) is 14.2. The maximum atomic E-state index is 9.71. The average Bonchev–Trinajstić information content (AvgIpc) is 2.25. The minimum Gasteiger partial charge on any atom is -0.392 e. The van der Waals surface area contributed by atoms with Crippen molar-refractivity contribution in [1.29, 1.82) is 0 Å². The van der Waals surface area contributed by atoms with Gasteiger partial charge < -0.3 is 30.9 Å². The van der Waals surface area contributed by atoms with Crippen LogP contribution in [0, 0.1) is 0 Å². The number of rotatable bonds is 3. The number of thioether (sulfide) groups is 1. The Morgan fingerprint density at radius 2 is 1.75 bits per heavy atom. The molecular formula is C9H19NO5S. The number of aliphatic hydroxyl groups is 4. The fraction of sp³-hybridized carbons (Fsp3) is 1.00. The molecule has 96 valence electrons. The van der Waals surface area contributed by atoms with Crippen molar-refractivity contribution in [3.8, 4) is 0 Å². The van der Waals surface area contributed by atoms with Crippen molar-refractivity contribution in [1.82, 2.24) is 0 Å². The third kappa shape index (κ3) is 2.67. The molecule has 0 amide bonds. The van der Waals surface area contributed by atoms with Gasteiger partial charge in [0.15, 0.2) is 0 Å². The van der Waals surface area contributed by atoms with Gasteiger partial charge in [0.05, 0.1) is 12.1 Å². The molecule has 1 aliphatic rings. The molecule has 0 aromatic rings. The minimum absolute atomic E-state index is 0.659. The van der Waals surface area contributed by atoms with Crippen LogP contribution in [0.1, 0.15) is 6.92 Å². The predicted molar refractivity (Wildman–Crippen MR) is 59.9 cm³/mol. The van der Waals surface area contributed by atoms with Gasteiger partial charge in [-0.15, -0.1) is 11.8 Å². The first-order valence-electron chi connectivity index (χ1n) is 5.06. The van der Waals surface area contributed by atoms with E-state index in [2.05, 4.69) is 0 Å². The summed E-state index contributed by atoms with van der Waals surface area (Å²) < 4.78 is 5.37. The Labute approximate surface area is 98.4 Å². The molecule has 7 heteroatoms. The van der Waals surface area contributed by atoms with Crippen LogP contribution in [0.5, 0.6) is 0 Å². The SMILES string of the molecule is CSC1O[C@H]([C@H](N)[C@@H](C)O)C(O)[C@@H](O)[C@H]1O. The highest BCUT2D eigenvalue weighted by atomic mass is 32.2. The Bertz CT molecular complexity index is 228. The summed E-state index contributed by atoms with van der Waals surface area (Å²) in [6, 6.07) is -0.813. The summed E-state index contributed by atoms with van der Waals surface area (Å²) in [4.78, 5) is 0. The summed E-state index contributed by atoms with van der Waals surface area (Å²) in [6.07, 6.45) is -3.84. The molecular weight excluding hydrogens is 234 g/mol. The van der Waals surface area contributed by atoms with Gasteiger partial charge in [0, 0.05) is 0 Å². The predicted octanol–water partition coefficient (Wildman–Crippen LogP) is -2.13. The molecule has 0 spiro atoms. The second-order valence-electron chi connectivity index (χ2n) is 3.99. The standard InChI is InChI=1S/C9H19NO5S/c1-3(11)4(10)8-6(13)5(12)7(14)9(15-8)16-2/h3-9,11-14H,10H2,1-2H3/t3-,4-,5-,6?,7-,8-,9?/m1/s1. The first-order chi connectivity index (χ1) is 7.40. The van der Waals surface area contributed by atoms with Crippen molar-refractivity contribution in [3.63, 3.8) is 0 Å². The summed E-state index contributed by atoms with van der Waals surface area (Å²) in [7, 11) is 0. The summed E-state index contributed by atoms with van der Waals surface area (Å²) in [6.45, 7) is 1.48. The molecule has 6 N–H and O–H groups in total. The summed E-state index contributed by atoms with van der Waals surface area (Å²) in [5.41, 5.74) is 5.01. The van der Waals surface area contributed by atoms with Crippen molar-refractivity contribution in [3.05, 3.63) is 0 Å². The zero-order valence-corrected chi connectivity index (χ0v) is 10.0. The van der Waals surface area contributed by atoms with Crippen molar-refractivity contribution in [2.24, 2.45) is 5.73 Å². The molecule has 0 aromatic carbocycles. The molecule has 1 aliphatic heterocycles. The molecule has 7 atom stereocenters. The van der Waals surface area contributed by atoms with E-state index in [0.717, 1.165) is 0 Å². The Morgan fingerprint density at radius 3 is 2.19 bits per heavy atom. The number of hydrogen-bond acceptors (Lipinski definition) is 7. The Hall–Kier alpha value is 0.110. The van der Waals surface area contributed by atoms with Gasteiger partial charge in [0.2, 0.25) is 0 Å². The van der Waals surface area contributed by atoms with Crippen LogP contribution in [-0.4, -0.2) is 68.7 Å². The van der Waals surface area contributed by atoms with Crippen molar-refractivity contribution in [2.45, 2.75) is 48.9 Å². The first-order valence-corrected chi connectivity index (χ1v) is 6.35. The molecule has 0 aliphatic carbocycles. The Kier molecular flexibility index (Phi) is 4.99. The van der Waals surface area contributed by atoms with Crippen LogP contribution in [0.3, 0.4) is 0 Å². The van der Waals surface area contributed by atoms with Gasteiger partial charge in [-0.05, 0) is 13.2 Å². The van der Waals surface area contributed by atoms with E-state index in [4.69, 9.17) is 10.5 Å². The van der Waals surface area contributed by atoms with Gasteiger partial charge in [0.25, 0.3) is 0 Å². The molecule has 1 fully saturated rings. The van der Waals surface area contributed by atoms with Crippen LogP contribution in [-0.2, 0) is 4.74 Å². The largest absolute Gasteiger partial charge is 0.392 e. The third-order valence-corrected chi connectivity index (χ3v) is 3.63. The Morgan fingerprint density at radius 1 is 1.19 bits per heavy atom. The number of ether oxygens (including phenoxy) is 1. The third-order valence-electron chi connectivity index (χ3n) is 2.78. The normalized spacial score (nSPS) is 44.1. The zero-order valence-electron chi connectivity index (χ0n) is 9.22. The average molecular weight is 253 g/mol. The molecule has 6 nitrogen and oxygen atoms in total.